The number of rotatable bonds is 3. The fraction of sp³-hybridized carbons (Fsp3) is 0.429. The molecule has 0 saturated heterocycles. The SMILES string of the molecule is CCOC1=CC(NC)=C[N]S1. The highest BCUT2D eigenvalue weighted by Crippen LogP contribution is 2.20. The highest BCUT2D eigenvalue weighted by atomic mass is 32.2. The Hall–Kier alpha value is -0.770. The predicted octanol–water partition coefficient (Wildman–Crippen LogP) is 1.19. The number of nitrogens with zero attached hydrogens (tertiary/aromatic N) is 1. The van der Waals surface area contributed by atoms with Gasteiger partial charge >= 0.3 is 0 Å². The van der Waals surface area contributed by atoms with Crippen LogP contribution in [0.2, 0.25) is 0 Å². The summed E-state index contributed by atoms with van der Waals surface area (Å²) in [6.45, 7) is 2.64. The van der Waals surface area contributed by atoms with Crippen LogP contribution >= 0.6 is 11.9 Å². The minimum atomic E-state index is 0.686. The molecule has 1 radical (unpaired) electrons. The molecule has 1 rings (SSSR count). The molecule has 1 N–H and O–H groups in total. The van der Waals surface area contributed by atoms with Gasteiger partial charge in [-0.2, -0.15) is 0 Å². The summed E-state index contributed by atoms with van der Waals surface area (Å²) in [5.41, 5.74) is 0.979. The molecule has 61 valence electrons. The van der Waals surface area contributed by atoms with Gasteiger partial charge in [-0.05, 0) is 6.92 Å². The smallest absolute Gasteiger partial charge is 0.177 e. The third kappa shape index (κ3) is 2.38. The van der Waals surface area contributed by atoms with Crippen LogP contribution in [0.1, 0.15) is 6.92 Å². The molecule has 0 saturated carbocycles. The molecule has 4 heteroatoms. The molecule has 0 amide bonds. The maximum absolute atomic E-state index is 5.26. The van der Waals surface area contributed by atoms with Crippen LogP contribution in [0, 0.1) is 0 Å². The van der Waals surface area contributed by atoms with Gasteiger partial charge in [0.2, 0.25) is 0 Å². The Morgan fingerprint density at radius 2 is 2.55 bits per heavy atom. The third-order valence-electron chi connectivity index (χ3n) is 1.18. The van der Waals surface area contributed by atoms with E-state index >= 15 is 0 Å². The second-order valence-corrected chi connectivity index (χ2v) is 2.72. The molecule has 0 spiro atoms. The van der Waals surface area contributed by atoms with Crippen molar-refractivity contribution < 1.29 is 4.74 Å². The van der Waals surface area contributed by atoms with E-state index in [1.165, 1.54) is 11.9 Å². The van der Waals surface area contributed by atoms with Gasteiger partial charge in [0.1, 0.15) is 0 Å². The molecule has 0 fully saturated rings. The molecule has 1 aliphatic heterocycles. The fourth-order valence-corrected chi connectivity index (χ4v) is 1.29. The zero-order chi connectivity index (χ0) is 8.10. The van der Waals surface area contributed by atoms with Crippen molar-refractivity contribution in [3.05, 3.63) is 23.1 Å². The maximum atomic E-state index is 5.26. The lowest BCUT2D eigenvalue weighted by Crippen LogP contribution is -2.09. The van der Waals surface area contributed by atoms with Crippen molar-refractivity contribution in [1.29, 1.82) is 0 Å². The van der Waals surface area contributed by atoms with E-state index in [0.29, 0.717) is 6.61 Å². The summed E-state index contributed by atoms with van der Waals surface area (Å²) in [5.74, 6) is 0. The van der Waals surface area contributed by atoms with Gasteiger partial charge in [-0.25, -0.2) is 4.72 Å². The number of likely N-dealkylation sites (N-methyl/N-ethyl adjacent to an activating group) is 1. The van der Waals surface area contributed by atoms with Crippen molar-refractivity contribution in [3.63, 3.8) is 0 Å². The lowest BCUT2D eigenvalue weighted by molar-refractivity contribution is 0.257. The lowest BCUT2D eigenvalue weighted by Gasteiger charge is -2.11. The van der Waals surface area contributed by atoms with E-state index < -0.39 is 0 Å². The number of hydrogen-bond donors (Lipinski definition) is 1. The minimum Gasteiger partial charge on any atom is -0.486 e. The first-order valence-corrected chi connectivity index (χ1v) is 4.23. The molecule has 1 aliphatic rings. The van der Waals surface area contributed by atoms with E-state index in [1.54, 1.807) is 6.20 Å². The zero-order valence-corrected chi connectivity index (χ0v) is 7.44. The Bertz CT molecular complexity index is 189. The van der Waals surface area contributed by atoms with Crippen LogP contribution in [-0.4, -0.2) is 13.7 Å². The van der Waals surface area contributed by atoms with Gasteiger partial charge in [0.15, 0.2) is 5.09 Å². The largest absolute Gasteiger partial charge is 0.486 e. The van der Waals surface area contributed by atoms with Gasteiger partial charge in [0, 0.05) is 25.1 Å². The summed E-state index contributed by atoms with van der Waals surface area (Å²) in [4.78, 5) is 0. The summed E-state index contributed by atoms with van der Waals surface area (Å²) in [5, 5.41) is 3.84. The first kappa shape index (κ1) is 8.33. The quantitative estimate of drug-likeness (QED) is 0.648. The predicted molar refractivity (Wildman–Crippen MR) is 46.6 cm³/mol. The molecule has 0 aromatic carbocycles. The minimum absolute atomic E-state index is 0.686. The molecule has 0 aromatic rings. The molecule has 0 unspecified atom stereocenters. The molecule has 3 nitrogen and oxygen atoms in total. The molecule has 0 aromatic heterocycles. The van der Waals surface area contributed by atoms with Crippen molar-refractivity contribution in [2.45, 2.75) is 6.92 Å². The van der Waals surface area contributed by atoms with Gasteiger partial charge in [-0.1, -0.05) is 0 Å². The Morgan fingerprint density at radius 1 is 1.73 bits per heavy atom. The van der Waals surface area contributed by atoms with Gasteiger partial charge < -0.3 is 10.1 Å². The molecular formula is C7H11N2OS. The summed E-state index contributed by atoms with van der Waals surface area (Å²) in [6.07, 6.45) is 3.70. The average Bonchev–Trinajstić information content (AvgIpc) is 2.06. The third-order valence-corrected chi connectivity index (χ3v) is 1.81. The maximum Gasteiger partial charge on any atom is 0.177 e. The standard InChI is InChI=1S/C7H11N2OS/c1-3-10-7-4-6(8-2)5-9-11-7/h4-5,8H,3H2,1-2H3. The number of ether oxygens (including phenoxy) is 1. The molecule has 0 aliphatic carbocycles. The molecule has 0 bridgehead atoms. The van der Waals surface area contributed by atoms with Gasteiger partial charge in [0.05, 0.1) is 18.5 Å². The number of nitrogens with one attached hydrogen (secondary N) is 1. The van der Waals surface area contributed by atoms with E-state index in [0.717, 1.165) is 10.8 Å². The monoisotopic (exact) mass is 171 g/mol. The normalized spacial score (nSPS) is 16.2. The van der Waals surface area contributed by atoms with Gasteiger partial charge in [-0.3, -0.25) is 0 Å². The van der Waals surface area contributed by atoms with Crippen LogP contribution in [-0.2, 0) is 4.74 Å². The summed E-state index contributed by atoms with van der Waals surface area (Å²) < 4.78 is 9.29. The first-order valence-electron chi connectivity index (χ1n) is 3.46. The first-order chi connectivity index (χ1) is 5.36. The molecule has 0 atom stereocenters. The van der Waals surface area contributed by atoms with Gasteiger partial charge in [0.25, 0.3) is 0 Å². The van der Waals surface area contributed by atoms with Crippen LogP contribution in [0.3, 0.4) is 0 Å². The Labute approximate surface area is 71.0 Å². The Kier molecular flexibility index (Phi) is 3.16. The molecule has 1 heterocycles. The Balaban J connectivity index is 2.53. The van der Waals surface area contributed by atoms with Crippen molar-refractivity contribution >= 4 is 11.9 Å². The van der Waals surface area contributed by atoms with Crippen LogP contribution in [0.4, 0.5) is 0 Å². The van der Waals surface area contributed by atoms with Crippen LogP contribution in [0.15, 0.2) is 23.1 Å². The second-order valence-electron chi connectivity index (χ2n) is 1.93. The van der Waals surface area contributed by atoms with Crippen molar-refractivity contribution in [3.8, 4) is 0 Å². The summed E-state index contributed by atoms with van der Waals surface area (Å²) in [6, 6.07) is 0. The second kappa shape index (κ2) is 4.18. The topological polar surface area (TPSA) is 35.4 Å². The van der Waals surface area contributed by atoms with Gasteiger partial charge in [-0.15, -0.1) is 0 Å². The fourth-order valence-electron chi connectivity index (χ4n) is 0.673. The lowest BCUT2D eigenvalue weighted by atomic mass is 10.4. The van der Waals surface area contributed by atoms with Crippen LogP contribution in [0.5, 0.6) is 0 Å². The average molecular weight is 171 g/mol. The zero-order valence-electron chi connectivity index (χ0n) is 6.63. The molecular weight excluding hydrogens is 160 g/mol. The van der Waals surface area contributed by atoms with E-state index in [9.17, 15) is 0 Å². The highest BCUT2D eigenvalue weighted by Gasteiger charge is 2.05. The summed E-state index contributed by atoms with van der Waals surface area (Å²) in [7, 11) is 1.86. The van der Waals surface area contributed by atoms with Crippen molar-refractivity contribution in [2.24, 2.45) is 0 Å². The van der Waals surface area contributed by atoms with E-state index in [4.69, 9.17) is 4.74 Å². The number of allylic oxidation sites excluding steroid dienone is 1. The Morgan fingerprint density at radius 3 is 3.18 bits per heavy atom. The number of hydrogen-bond acceptors (Lipinski definition) is 3. The van der Waals surface area contributed by atoms with Crippen molar-refractivity contribution in [2.75, 3.05) is 13.7 Å². The highest BCUT2D eigenvalue weighted by molar-refractivity contribution is 8.01. The van der Waals surface area contributed by atoms with E-state index in [2.05, 4.69) is 10.0 Å². The van der Waals surface area contributed by atoms with E-state index in [-0.39, 0.29) is 0 Å². The van der Waals surface area contributed by atoms with E-state index in [1.807, 2.05) is 20.0 Å². The van der Waals surface area contributed by atoms with Crippen LogP contribution < -0.4 is 10.0 Å². The van der Waals surface area contributed by atoms with Crippen LogP contribution in [0.25, 0.3) is 0 Å². The molecule has 11 heavy (non-hydrogen) atoms. The summed E-state index contributed by atoms with van der Waals surface area (Å²) >= 11 is 1.35. The van der Waals surface area contributed by atoms with Crippen molar-refractivity contribution in [1.82, 2.24) is 10.0 Å².